The second kappa shape index (κ2) is 5.32. The van der Waals surface area contributed by atoms with E-state index in [9.17, 15) is 9.18 Å². The zero-order valence-electron chi connectivity index (χ0n) is 11.7. The number of carbonyl (C=O) groups is 1. The zero-order chi connectivity index (χ0) is 14.9. The molecule has 0 saturated carbocycles. The first-order valence-electron chi connectivity index (χ1n) is 6.32. The maximum atomic E-state index is 13.2. The van der Waals surface area contributed by atoms with Gasteiger partial charge < -0.3 is 11.1 Å². The lowest BCUT2D eigenvalue weighted by Crippen LogP contribution is -2.17. The molecule has 0 aliphatic heterocycles. The van der Waals surface area contributed by atoms with Crippen molar-refractivity contribution in [3.05, 3.63) is 41.0 Å². The van der Waals surface area contributed by atoms with Crippen molar-refractivity contribution in [2.24, 2.45) is 7.05 Å². The minimum atomic E-state index is -0.358. The second-order valence-corrected chi connectivity index (χ2v) is 4.60. The summed E-state index contributed by atoms with van der Waals surface area (Å²) in [5.74, 6) is -0.667. The van der Waals surface area contributed by atoms with Crippen LogP contribution in [0.1, 0.15) is 28.7 Å². The Hall–Kier alpha value is -2.37. The first-order valence-corrected chi connectivity index (χ1v) is 6.32. The number of halogens is 1. The van der Waals surface area contributed by atoms with Gasteiger partial charge in [-0.15, -0.1) is 0 Å². The lowest BCUT2D eigenvalue weighted by Gasteiger charge is -2.07. The number of carbonyl (C=O) groups excluding carboxylic acids is 1. The number of aromatic nitrogens is 2. The van der Waals surface area contributed by atoms with E-state index in [1.165, 1.54) is 16.8 Å². The van der Waals surface area contributed by atoms with Gasteiger partial charge >= 0.3 is 0 Å². The first-order chi connectivity index (χ1) is 9.43. The van der Waals surface area contributed by atoms with E-state index in [0.717, 1.165) is 0 Å². The molecule has 1 aromatic heterocycles. The predicted molar refractivity (Wildman–Crippen MR) is 76.1 cm³/mol. The van der Waals surface area contributed by atoms with Gasteiger partial charge in [-0.25, -0.2) is 4.39 Å². The zero-order valence-corrected chi connectivity index (χ0v) is 11.7. The molecule has 5 nitrogen and oxygen atoms in total. The summed E-state index contributed by atoms with van der Waals surface area (Å²) in [7, 11) is 1.67. The van der Waals surface area contributed by atoms with Crippen molar-refractivity contribution in [1.82, 2.24) is 9.78 Å². The minimum Gasteiger partial charge on any atom is -0.395 e. The largest absolute Gasteiger partial charge is 0.395 e. The average molecular weight is 276 g/mol. The van der Waals surface area contributed by atoms with Crippen molar-refractivity contribution in [2.45, 2.75) is 20.3 Å². The number of nitrogens with two attached hydrogens (primary N) is 1. The van der Waals surface area contributed by atoms with E-state index in [1.54, 1.807) is 20.0 Å². The Labute approximate surface area is 116 Å². The summed E-state index contributed by atoms with van der Waals surface area (Å²) in [4.78, 5) is 12.2. The molecule has 0 aliphatic carbocycles. The summed E-state index contributed by atoms with van der Waals surface area (Å²) < 4.78 is 14.6. The summed E-state index contributed by atoms with van der Waals surface area (Å²) in [6.07, 6.45) is 0.655. The Morgan fingerprint density at radius 2 is 2.20 bits per heavy atom. The molecule has 0 unspecified atom stereocenters. The number of amides is 1. The van der Waals surface area contributed by atoms with Gasteiger partial charge in [0, 0.05) is 12.7 Å². The molecule has 0 spiro atoms. The van der Waals surface area contributed by atoms with Crippen molar-refractivity contribution in [2.75, 3.05) is 11.1 Å². The third-order valence-electron chi connectivity index (χ3n) is 3.13. The van der Waals surface area contributed by atoms with Crippen molar-refractivity contribution in [3.63, 3.8) is 0 Å². The van der Waals surface area contributed by atoms with Crippen molar-refractivity contribution in [1.29, 1.82) is 0 Å². The van der Waals surface area contributed by atoms with Crippen molar-refractivity contribution >= 4 is 17.3 Å². The number of hydrogen-bond acceptors (Lipinski definition) is 3. The summed E-state index contributed by atoms with van der Waals surface area (Å²) in [6, 6.07) is 4.39. The van der Waals surface area contributed by atoms with Crippen LogP contribution in [-0.2, 0) is 13.5 Å². The number of rotatable bonds is 3. The number of nitrogen functional groups attached to an aromatic ring is 1. The maximum Gasteiger partial charge on any atom is 0.276 e. The molecule has 6 heteroatoms. The SMILES string of the molecule is CCc1nn(C)c(C(=O)Nc2ccc(F)c(C)c2)c1N. The van der Waals surface area contributed by atoms with Gasteiger partial charge in [-0.2, -0.15) is 5.10 Å². The van der Waals surface area contributed by atoms with Crippen molar-refractivity contribution < 1.29 is 9.18 Å². The monoisotopic (exact) mass is 276 g/mol. The van der Waals surface area contributed by atoms with E-state index < -0.39 is 0 Å². The number of anilines is 2. The molecule has 0 aliphatic rings. The van der Waals surface area contributed by atoms with Crippen LogP contribution >= 0.6 is 0 Å². The predicted octanol–water partition coefficient (Wildman–Crippen LogP) is 2.26. The van der Waals surface area contributed by atoms with Gasteiger partial charge in [-0.3, -0.25) is 9.48 Å². The molecule has 1 aromatic carbocycles. The van der Waals surface area contributed by atoms with Crippen LogP contribution in [0.25, 0.3) is 0 Å². The minimum absolute atomic E-state index is 0.309. The molecular formula is C14H17FN4O. The Balaban J connectivity index is 2.28. The van der Waals surface area contributed by atoms with Crippen LogP contribution in [0.5, 0.6) is 0 Å². The summed E-state index contributed by atoms with van der Waals surface area (Å²) in [6.45, 7) is 3.56. The third kappa shape index (κ3) is 2.49. The van der Waals surface area contributed by atoms with Crippen LogP contribution in [0.2, 0.25) is 0 Å². The highest BCUT2D eigenvalue weighted by Gasteiger charge is 2.19. The Kier molecular flexibility index (Phi) is 3.74. The van der Waals surface area contributed by atoms with E-state index in [2.05, 4.69) is 10.4 Å². The van der Waals surface area contributed by atoms with Gasteiger partial charge in [0.05, 0.1) is 11.4 Å². The average Bonchev–Trinajstić information content (AvgIpc) is 2.68. The van der Waals surface area contributed by atoms with E-state index in [-0.39, 0.29) is 11.7 Å². The van der Waals surface area contributed by atoms with Crippen LogP contribution in [0.4, 0.5) is 15.8 Å². The highest BCUT2D eigenvalue weighted by molar-refractivity contribution is 6.06. The maximum absolute atomic E-state index is 13.2. The summed E-state index contributed by atoms with van der Waals surface area (Å²) in [5.41, 5.74) is 8.29. The normalized spacial score (nSPS) is 10.6. The fraction of sp³-hybridized carbons (Fsp3) is 0.286. The fourth-order valence-corrected chi connectivity index (χ4v) is 2.04. The lowest BCUT2D eigenvalue weighted by atomic mass is 10.2. The van der Waals surface area contributed by atoms with Crippen LogP contribution < -0.4 is 11.1 Å². The van der Waals surface area contributed by atoms with Crippen LogP contribution in [0.15, 0.2) is 18.2 Å². The molecule has 0 radical (unpaired) electrons. The lowest BCUT2D eigenvalue weighted by molar-refractivity contribution is 0.101. The van der Waals surface area contributed by atoms with E-state index in [0.29, 0.717) is 34.7 Å². The molecule has 2 rings (SSSR count). The van der Waals surface area contributed by atoms with Crippen LogP contribution in [-0.4, -0.2) is 15.7 Å². The Morgan fingerprint density at radius 1 is 1.50 bits per heavy atom. The molecule has 0 bridgehead atoms. The molecular weight excluding hydrogens is 259 g/mol. The first kappa shape index (κ1) is 14.0. The number of nitrogens with zero attached hydrogens (tertiary/aromatic N) is 2. The standard InChI is InChI=1S/C14H17FN4O/c1-4-11-12(16)13(19(3)18-11)14(20)17-9-5-6-10(15)8(2)7-9/h5-7H,4,16H2,1-3H3,(H,17,20). The summed E-state index contributed by atoms with van der Waals surface area (Å²) in [5, 5.41) is 6.89. The van der Waals surface area contributed by atoms with Gasteiger partial charge in [0.15, 0.2) is 0 Å². The quantitative estimate of drug-likeness (QED) is 0.903. The molecule has 0 saturated heterocycles. The molecule has 1 heterocycles. The van der Waals surface area contributed by atoms with E-state index in [4.69, 9.17) is 5.73 Å². The molecule has 0 fully saturated rings. The van der Waals surface area contributed by atoms with Crippen molar-refractivity contribution in [3.8, 4) is 0 Å². The highest BCUT2D eigenvalue weighted by atomic mass is 19.1. The number of benzene rings is 1. The van der Waals surface area contributed by atoms with Gasteiger partial charge in [-0.05, 0) is 37.1 Å². The van der Waals surface area contributed by atoms with Crippen LogP contribution in [0, 0.1) is 12.7 Å². The molecule has 1 amide bonds. The number of hydrogen-bond donors (Lipinski definition) is 2. The smallest absolute Gasteiger partial charge is 0.276 e. The molecule has 0 atom stereocenters. The molecule has 20 heavy (non-hydrogen) atoms. The number of nitrogens with one attached hydrogen (secondary N) is 1. The molecule has 3 N–H and O–H groups in total. The fourth-order valence-electron chi connectivity index (χ4n) is 2.04. The van der Waals surface area contributed by atoms with Gasteiger partial charge in [0.1, 0.15) is 11.5 Å². The van der Waals surface area contributed by atoms with Gasteiger partial charge in [0.25, 0.3) is 5.91 Å². The topological polar surface area (TPSA) is 72.9 Å². The van der Waals surface area contributed by atoms with Gasteiger partial charge in [0.2, 0.25) is 0 Å². The summed E-state index contributed by atoms with van der Waals surface area (Å²) >= 11 is 0. The molecule has 2 aromatic rings. The highest BCUT2D eigenvalue weighted by Crippen LogP contribution is 2.19. The second-order valence-electron chi connectivity index (χ2n) is 4.60. The van der Waals surface area contributed by atoms with E-state index >= 15 is 0 Å². The van der Waals surface area contributed by atoms with E-state index in [1.807, 2.05) is 6.92 Å². The van der Waals surface area contributed by atoms with Gasteiger partial charge in [-0.1, -0.05) is 6.92 Å². The molecule has 106 valence electrons. The Bertz CT molecular complexity index is 663. The third-order valence-corrected chi connectivity index (χ3v) is 3.13. The number of aryl methyl sites for hydroxylation is 3. The Morgan fingerprint density at radius 3 is 2.75 bits per heavy atom. The van der Waals surface area contributed by atoms with Crippen LogP contribution in [0.3, 0.4) is 0 Å².